The molecule has 0 amide bonds. The van der Waals surface area contributed by atoms with Crippen molar-refractivity contribution in [3.05, 3.63) is 29.3 Å². The van der Waals surface area contributed by atoms with Crippen LogP contribution >= 0.6 is 0 Å². The molecule has 0 radical (unpaired) electrons. The Bertz CT molecular complexity index is 555. The molecule has 4 nitrogen and oxygen atoms in total. The van der Waals surface area contributed by atoms with Crippen molar-refractivity contribution in [3.8, 4) is 0 Å². The van der Waals surface area contributed by atoms with Gasteiger partial charge in [-0.1, -0.05) is 25.5 Å². The van der Waals surface area contributed by atoms with Crippen LogP contribution in [-0.4, -0.2) is 25.8 Å². The second kappa shape index (κ2) is 5.61. The molecule has 1 fully saturated rings. The highest BCUT2D eigenvalue weighted by atomic mass is 32.2. The van der Waals surface area contributed by atoms with Gasteiger partial charge in [0.15, 0.2) is 0 Å². The molecule has 0 bridgehead atoms. The molecule has 0 aromatic heterocycles. The van der Waals surface area contributed by atoms with Gasteiger partial charge in [0.1, 0.15) is 0 Å². The van der Waals surface area contributed by atoms with Crippen molar-refractivity contribution >= 4 is 10.0 Å². The largest absolute Gasteiger partial charge is 0.326 e. The van der Waals surface area contributed by atoms with E-state index in [1.54, 1.807) is 16.4 Å². The molecular formula is C14H22N2O2S. The van der Waals surface area contributed by atoms with Crippen molar-refractivity contribution in [3.63, 3.8) is 0 Å². The van der Waals surface area contributed by atoms with Gasteiger partial charge in [0.2, 0.25) is 10.0 Å². The maximum absolute atomic E-state index is 12.7. The molecule has 1 aromatic rings. The molecule has 5 heteroatoms. The lowest BCUT2D eigenvalue weighted by Gasteiger charge is -2.19. The van der Waals surface area contributed by atoms with Gasteiger partial charge in [0, 0.05) is 19.6 Å². The van der Waals surface area contributed by atoms with Gasteiger partial charge in [-0.25, -0.2) is 8.42 Å². The third-order valence-corrected chi connectivity index (χ3v) is 6.07. The van der Waals surface area contributed by atoms with Gasteiger partial charge in [-0.3, -0.25) is 0 Å². The molecule has 0 aliphatic carbocycles. The number of benzene rings is 1. The Morgan fingerprint density at radius 3 is 2.74 bits per heavy atom. The molecule has 1 atom stereocenters. The summed E-state index contributed by atoms with van der Waals surface area (Å²) in [7, 11) is -3.37. The highest BCUT2D eigenvalue weighted by Gasteiger charge is 2.32. The zero-order valence-corrected chi connectivity index (χ0v) is 12.4. The van der Waals surface area contributed by atoms with E-state index in [2.05, 4.69) is 6.92 Å². The second-order valence-electron chi connectivity index (χ2n) is 5.17. The minimum Gasteiger partial charge on any atom is -0.326 e. The van der Waals surface area contributed by atoms with Crippen LogP contribution in [0.2, 0.25) is 0 Å². The fourth-order valence-corrected chi connectivity index (χ4v) is 4.45. The number of hydrogen-bond donors (Lipinski definition) is 1. The van der Waals surface area contributed by atoms with Crippen LogP contribution in [0.3, 0.4) is 0 Å². The first-order valence-electron chi connectivity index (χ1n) is 6.79. The molecule has 0 saturated carbocycles. The Kier molecular flexibility index (Phi) is 4.28. The Hall–Kier alpha value is -0.910. The van der Waals surface area contributed by atoms with Crippen molar-refractivity contribution in [2.45, 2.75) is 38.1 Å². The van der Waals surface area contributed by atoms with E-state index in [-0.39, 0.29) is 0 Å². The van der Waals surface area contributed by atoms with Crippen molar-refractivity contribution in [1.29, 1.82) is 0 Å². The predicted molar refractivity (Wildman–Crippen MR) is 76.2 cm³/mol. The zero-order chi connectivity index (χ0) is 14.0. The number of hydrogen-bond acceptors (Lipinski definition) is 3. The normalized spacial score (nSPS) is 20.9. The Morgan fingerprint density at radius 2 is 2.16 bits per heavy atom. The van der Waals surface area contributed by atoms with Crippen molar-refractivity contribution in [2.75, 3.05) is 13.1 Å². The lowest BCUT2D eigenvalue weighted by molar-refractivity contribution is 0.452. The minimum atomic E-state index is -3.37. The quantitative estimate of drug-likeness (QED) is 0.917. The van der Waals surface area contributed by atoms with E-state index in [9.17, 15) is 8.42 Å². The number of nitrogens with two attached hydrogens (primary N) is 1. The second-order valence-corrected chi connectivity index (χ2v) is 7.08. The molecule has 1 aliphatic heterocycles. The van der Waals surface area contributed by atoms with Crippen LogP contribution in [0.25, 0.3) is 0 Å². The summed E-state index contributed by atoms with van der Waals surface area (Å²) in [6, 6.07) is 5.34. The molecule has 1 aliphatic rings. The predicted octanol–water partition coefficient (Wildman–Crippen LogP) is 1.87. The molecule has 1 aromatic carbocycles. The molecule has 2 N–H and O–H groups in total. The Morgan fingerprint density at radius 1 is 1.42 bits per heavy atom. The summed E-state index contributed by atoms with van der Waals surface area (Å²) in [6.07, 6.45) is 2.00. The van der Waals surface area contributed by atoms with Gasteiger partial charge in [-0.15, -0.1) is 0 Å². The summed E-state index contributed by atoms with van der Waals surface area (Å²) in [5.41, 5.74) is 7.33. The standard InChI is InChI=1S/C14H22N2O2S/c1-3-12-7-8-16(10-12)19(17,18)14-6-4-5-13(9-15)11(14)2/h4-6,12H,3,7-10,15H2,1-2H3. The lowest BCUT2D eigenvalue weighted by atomic mass is 10.1. The maximum Gasteiger partial charge on any atom is 0.243 e. The zero-order valence-electron chi connectivity index (χ0n) is 11.6. The molecule has 2 rings (SSSR count). The van der Waals surface area contributed by atoms with E-state index in [0.29, 0.717) is 30.4 Å². The highest BCUT2D eigenvalue weighted by Crippen LogP contribution is 2.28. The van der Waals surface area contributed by atoms with E-state index >= 15 is 0 Å². The van der Waals surface area contributed by atoms with Crippen molar-refractivity contribution < 1.29 is 8.42 Å². The van der Waals surface area contributed by atoms with Crippen molar-refractivity contribution in [1.82, 2.24) is 4.31 Å². The van der Waals surface area contributed by atoms with Gasteiger partial charge in [0.05, 0.1) is 4.90 Å². The molecule has 1 saturated heterocycles. The van der Waals surface area contributed by atoms with Gasteiger partial charge in [-0.2, -0.15) is 4.31 Å². The molecule has 0 spiro atoms. The first-order chi connectivity index (χ1) is 9.00. The Labute approximate surface area is 115 Å². The summed E-state index contributed by atoms with van der Waals surface area (Å²) >= 11 is 0. The third kappa shape index (κ3) is 2.68. The first-order valence-corrected chi connectivity index (χ1v) is 8.23. The topological polar surface area (TPSA) is 63.4 Å². The summed E-state index contributed by atoms with van der Waals surface area (Å²) < 4.78 is 27.0. The maximum atomic E-state index is 12.7. The van der Waals surface area contributed by atoms with Gasteiger partial charge >= 0.3 is 0 Å². The van der Waals surface area contributed by atoms with E-state index in [0.717, 1.165) is 24.0 Å². The van der Waals surface area contributed by atoms with Gasteiger partial charge in [-0.05, 0) is 36.5 Å². The molecule has 1 unspecified atom stereocenters. The molecule has 19 heavy (non-hydrogen) atoms. The first kappa shape index (κ1) is 14.5. The minimum absolute atomic E-state index is 0.368. The van der Waals surface area contributed by atoms with Crippen LogP contribution in [0, 0.1) is 12.8 Å². The summed E-state index contributed by atoms with van der Waals surface area (Å²) in [5, 5.41) is 0. The van der Waals surface area contributed by atoms with Crippen LogP contribution in [0.1, 0.15) is 30.9 Å². The summed E-state index contributed by atoms with van der Waals surface area (Å²) in [5.74, 6) is 0.493. The monoisotopic (exact) mass is 282 g/mol. The Balaban J connectivity index is 2.35. The van der Waals surface area contributed by atoms with Gasteiger partial charge < -0.3 is 5.73 Å². The smallest absolute Gasteiger partial charge is 0.243 e. The van der Waals surface area contributed by atoms with E-state index in [4.69, 9.17) is 5.73 Å². The van der Waals surface area contributed by atoms with Crippen LogP contribution in [0.15, 0.2) is 23.1 Å². The van der Waals surface area contributed by atoms with Crippen molar-refractivity contribution in [2.24, 2.45) is 11.7 Å². The van der Waals surface area contributed by atoms with Crippen LogP contribution in [-0.2, 0) is 16.6 Å². The third-order valence-electron chi connectivity index (χ3n) is 4.06. The number of rotatable bonds is 4. The fourth-order valence-electron chi connectivity index (χ4n) is 2.65. The summed E-state index contributed by atoms with van der Waals surface area (Å²) in [4.78, 5) is 0.409. The fraction of sp³-hybridized carbons (Fsp3) is 0.571. The highest BCUT2D eigenvalue weighted by molar-refractivity contribution is 7.89. The SMILES string of the molecule is CCC1CCN(S(=O)(=O)c2cccc(CN)c2C)C1. The number of sulfonamides is 1. The molecule has 106 valence electrons. The van der Waals surface area contributed by atoms with E-state index in [1.165, 1.54) is 0 Å². The van der Waals surface area contributed by atoms with Crippen LogP contribution < -0.4 is 5.73 Å². The number of nitrogens with zero attached hydrogens (tertiary/aromatic N) is 1. The van der Waals surface area contributed by atoms with Crippen LogP contribution in [0.4, 0.5) is 0 Å². The summed E-state index contributed by atoms with van der Waals surface area (Å²) in [6.45, 7) is 5.59. The lowest BCUT2D eigenvalue weighted by Crippen LogP contribution is -2.29. The average molecular weight is 282 g/mol. The van der Waals surface area contributed by atoms with E-state index in [1.807, 2.05) is 13.0 Å². The molecular weight excluding hydrogens is 260 g/mol. The van der Waals surface area contributed by atoms with Gasteiger partial charge in [0.25, 0.3) is 0 Å². The average Bonchev–Trinajstić information content (AvgIpc) is 2.88. The van der Waals surface area contributed by atoms with Crippen LogP contribution in [0.5, 0.6) is 0 Å². The molecule has 1 heterocycles. The van der Waals surface area contributed by atoms with E-state index < -0.39 is 10.0 Å².